The molecule has 0 spiro atoms. The molecule has 0 unspecified atom stereocenters. The van der Waals surface area contributed by atoms with Gasteiger partial charge in [0.2, 0.25) is 0 Å². The van der Waals surface area contributed by atoms with E-state index in [4.69, 9.17) is 4.74 Å². The van der Waals surface area contributed by atoms with Crippen LogP contribution >= 0.6 is 0 Å². The second kappa shape index (κ2) is 8.18. The summed E-state index contributed by atoms with van der Waals surface area (Å²) in [6, 6.07) is 17.6. The lowest BCUT2D eigenvalue weighted by atomic mass is 9.63. The summed E-state index contributed by atoms with van der Waals surface area (Å²) in [6.07, 6.45) is 3.50. The van der Waals surface area contributed by atoms with Gasteiger partial charge in [-0.25, -0.2) is 9.59 Å². The van der Waals surface area contributed by atoms with Crippen LogP contribution in [0.25, 0.3) is 16.3 Å². The first kappa shape index (κ1) is 22.8. The van der Waals surface area contributed by atoms with Crippen LogP contribution in [0.5, 0.6) is 0 Å². The minimum Gasteiger partial charge on any atom is -0.478 e. The predicted octanol–water partition coefficient (Wildman–Crippen LogP) is 6.49. The molecule has 3 aromatic carbocycles. The molecule has 4 nitrogen and oxygen atoms in total. The zero-order chi connectivity index (χ0) is 24.0. The van der Waals surface area contributed by atoms with E-state index in [1.807, 2.05) is 30.3 Å². The minimum atomic E-state index is -0.983. The van der Waals surface area contributed by atoms with Crippen LogP contribution in [0.1, 0.15) is 73.1 Å². The van der Waals surface area contributed by atoms with Crippen LogP contribution < -0.4 is 0 Å². The molecule has 0 aromatic heterocycles. The van der Waals surface area contributed by atoms with Crippen molar-refractivity contribution in [2.75, 3.05) is 7.11 Å². The van der Waals surface area contributed by atoms with Crippen molar-refractivity contribution in [2.45, 2.75) is 51.4 Å². The van der Waals surface area contributed by atoms with Crippen LogP contribution in [0.4, 0.5) is 0 Å². The van der Waals surface area contributed by atoms with Gasteiger partial charge in [-0.2, -0.15) is 0 Å². The maximum Gasteiger partial charge on any atom is 0.337 e. The van der Waals surface area contributed by atoms with Gasteiger partial charge in [0, 0.05) is 6.08 Å². The Labute approximate surface area is 194 Å². The summed E-state index contributed by atoms with van der Waals surface area (Å²) < 4.78 is 4.81. The topological polar surface area (TPSA) is 63.6 Å². The summed E-state index contributed by atoms with van der Waals surface area (Å²) >= 11 is 0. The van der Waals surface area contributed by atoms with Crippen molar-refractivity contribution < 1.29 is 19.4 Å². The fourth-order valence-electron chi connectivity index (χ4n) is 4.87. The van der Waals surface area contributed by atoms with Crippen molar-refractivity contribution >= 4 is 28.3 Å². The number of carboxylic acid groups (broad SMARTS) is 1. The van der Waals surface area contributed by atoms with Gasteiger partial charge in [-0.1, -0.05) is 64.1 Å². The highest BCUT2D eigenvalue weighted by molar-refractivity contribution is 5.99. The van der Waals surface area contributed by atoms with Crippen molar-refractivity contribution in [2.24, 2.45) is 0 Å². The summed E-state index contributed by atoms with van der Waals surface area (Å²) in [5.41, 5.74) is 5.63. The normalized spacial score (nSPS) is 16.8. The van der Waals surface area contributed by atoms with Crippen molar-refractivity contribution in [1.82, 2.24) is 0 Å². The number of hydrogen-bond donors (Lipinski definition) is 1. The SMILES string of the molecule is COC(=O)c1ccc2cc(/C(=C\C(=O)O)c3ccc4c(c3)C(C)(C)CCC4(C)C)ccc2c1. The van der Waals surface area contributed by atoms with E-state index < -0.39 is 5.97 Å². The van der Waals surface area contributed by atoms with Gasteiger partial charge < -0.3 is 9.84 Å². The molecule has 170 valence electrons. The Hall–Kier alpha value is -3.40. The van der Waals surface area contributed by atoms with E-state index in [0.717, 1.165) is 34.7 Å². The van der Waals surface area contributed by atoms with Crippen molar-refractivity contribution in [1.29, 1.82) is 0 Å². The zero-order valence-electron chi connectivity index (χ0n) is 19.9. The molecule has 1 aliphatic rings. The first-order chi connectivity index (χ1) is 15.5. The number of esters is 1. The van der Waals surface area contributed by atoms with Crippen molar-refractivity contribution in [3.8, 4) is 0 Å². The van der Waals surface area contributed by atoms with E-state index in [9.17, 15) is 14.7 Å². The molecule has 0 radical (unpaired) electrons. The molecule has 33 heavy (non-hydrogen) atoms. The Morgan fingerprint density at radius 2 is 1.30 bits per heavy atom. The molecule has 3 aromatic rings. The van der Waals surface area contributed by atoms with Crippen LogP contribution in [0.3, 0.4) is 0 Å². The van der Waals surface area contributed by atoms with Gasteiger partial charge >= 0.3 is 11.9 Å². The Morgan fingerprint density at radius 1 is 0.788 bits per heavy atom. The van der Waals surface area contributed by atoms with Gasteiger partial charge in [0.15, 0.2) is 0 Å². The lowest BCUT2D eigenvalue weighted by Crippen LogP contribution is -2.33. The second-order valence-corrected chi connectivity index (χ2v) is 10.2. The molecule has 1 N–H and O–H groups in total. The average Bonchev–Trinajstić information content (AvgIpc) is 2.79. The number of aliphatic carboxylic acids is 1. The van der Waals surface area contributed by atoms with Gasteiger partial charge in [-0.3, -0.25) is 0 Å². The lowest BCUT2D eigenvalue weighted by Gasteiger charge is -2.42. The zero-order valence-corrected chi connectivity index (χ0v) is 19.9. The molecular formula is C29H30O4. The number of carboxylic acids is 1. The summed E-state index contributed by atoms with van der Waals surface area (Å²) in [4.78, 5) is 23.6. The number of benzene rings is 3. The van der Waals surface area contributed by atoms with Crippen molar-refractivity contribution in [3.63, 3.8) is 0 Å². The predicted molar refractivity (Wildman–Crippen MR) is 132 cm³/mol. The van der Waals surface area contributed by atoms with E-state index in [2.05, 4.69) is 39.8 Å². The van der Waals surface area contributed by atoms with Gasteiger partial charge in [0.25, 0.3) is 0 Å². The molecule has 1 aliphatic carbocycles. The molecule has 0 aliphatic heterocycles. The summed E-state index contributed by atoms with van der Waals surface area (Å²) in [5, 5.41) is 11.5. The standard InChI is InChI=1S/C29H30O4/c1-28(2)12-13-29(3,4)25-16-21(10-11-24(25)28)23(17-26(30)31)20-8-6-19-15-22(27(32)33-5)9-7-18(19)14-20/h6-11,14-17H,12-13H2,1-5H3,(H,30,31)/b23-17+. The number of hydrogen-bond acceptors (Lipinski definition) is 3. The van der Waals surface area contributed by atoms with Crippen molar-refractivity contribution in [3.05, 3.63) is 88.5 Å². The Morgan fingerprint density at radius 3 is 1.91 bits per heavy atom. The number of carbonyl (C=O) groups excluding carboxylic acids is 1. The number of carbonyl (C=O) groups is 2. The van der Waals surface area contributed by atoms with Gasteiger partial charge in [-0.05, 0) is 80.5 Å². The van der Waals surface area contributed by atoms with E-state index in [-0.39, 0.29) is 16.8 Å². The molecule has 4 rings (SSSR count). The fraction of sp³-hybridized carbons (Fsp3) is 0.310. The largest absolute Gasteiger partial charge is 0.478 e. The van der Waals surface area contributed by atoms with Crippen LogP contribution in [0.15, 0.2) is 60.7 Å². The Bertz CT molecular complexity index is 1290. The fourth-order valence-corrected chi connectivity index (χ4v) is 4.87. The second-order valence-electron chi connectivity index (χ2n) is 10.2. The quantitative estimate of drug-likeness (QED) is 0.370. The van der Waals surface area contributed by atoms with Gasteiger partial charge in [0.05, 0.1) is 12.7 Å². The van der Waals surface area contributed by atoms with E-state index in [0.29, 0.717) is 11.1 Å². The molecule has 4 heteroatoms. The Balaban J connectivity index is 1.84. The molecule has 0 heterocycles. The lowest BCUT2D eigenvalue weighted by molar-refractivity contribution is -0.131. The van der Waals surface area contributed by atoms with Crippen LogP contribution in [0.2, 0.25) is 0 Å². The molecule has 0 saturated carbocycles. The highest BCUT2D eigenvalue weighted by Gasteiger charge is 2.37. The Kier molecular flexibility index (Phi) is 5.65. The van der Waals surface area contributed by atoms with Crippen LogP contribution in [0, 0.1) is 0 Å². The third-order valence-electron chi connectivity index (χ3n) is 7.00. The number of fused-ring (bicyclic) bond motifs is 2. The first-order valence-corrected chi connectivity index (χ1v) is 11.2. The highest BCUT2D eigenvalue weighted by Crippen LogP contribution is 2.46. The molecular weight excluding hydrogens is 412 g/mol. The maximum atomic E-state index is 11.9. The monoisotopic (exact) mass is 442 g/mol. The van der Waals surface area contributed by atoms with Crippen LogP contribution in [-0.4, -0.2) is 24.2 Å². The first-order valence-electron chi connectivity index (χ1n) is 11.2. The summed E-state index contributed by atoms with van der Waals surface area (Å²) in [5.74, 6) is -1.37. The smallest absolute Gasteiger partial charge is 0.337 e. The molecule has 0 amide bonds. The average molecular weight is 443 g/mol. The summed E-state index contributed by atoms with van der Waals surface area (Å²) in [6.45, 7) is 9.09. The maximum absolute atomic E-state index is 11.9. The number of rotatable bonds is 4. The highest BCUT2D eigenvalue weighted by atomic mass is 16.5. The summed E-state index contributed by atoms with van der Waals surface area (Å²) in [7, 11) is 1.36. The molecule has 0 saturated heterocycles. The van der Waals surface area contributed by atoms with E-state index in [1.54, 1.807) is 12.1 Å². The third-order valence-corrected chi connectivity index (χ3v) is 7.00. The molecule has 0 bridgehead atoms. The number of ether oxygens (including phenoxy) is 1. The van der Waals surface area contributed by atoms with Gasteiger partial charge in [0.1, 0.15) is 0 Å². The molecule has 0 fully saturated rings. The molecule has 0 atom stereocenters. The third kappa shape index (κ3) is 4.30. The number of methoxy groups -OCH3 is 1. The van der Waals surface area contributed by atoms with Crippen LogP contribution in [-0.2, 0) is 20.4 Å². The van der Waals surface area contributed by atoms with Gasteiger partial charge in [-0.15, -0.1) is 0 Å². The van der Waals surface area contributed by atoms with E-state index >= 15 is 0 Å². The van der Waals surface area contributed by atoms with E-state index in [1.165, 1.54) is 24.3 Å². The minimum absolute atomic E-state index is 0.0306.